The third-order valence-corrected chi connectivity index (χ3v) is 6.96. The van der Waals surface area contributed by atoms with Crippen LogP contribution in [0.5, 0.6) is 0 Å². The number of nitrogens with one attached hydrogen (secondary N) is 1. The minimum Gasteiger partial charge on any atom is -0.355 e. The van der Waals surface area contributed by atoms with Crippen molar-refractivity contribution in [3.63, 3.8) is 0 Å². The third-order valence-electron chi connectivity index (χ3n) is 5.50. The molecule has 27 heavy (non-hydrogen) atoms. The smallest absolute Gasteiger partial charge is 0.233 e. The Morgan fingerprint density at radius 1 is 1.07 bits per heavy atom. The molecule has 2 atom stereocenters. The Hall–Kier alpha value is -1.93. The lowest BCUT2D eigenvalue weighted by molar-refractivity contribution is 0.216. The van der Waals surface area contributed by atoms with Gasteiger partial charge in [0.25, 0.3) is 0 Å². The predicted octanol–water partition coefficient (Wildman–Crippen LogP) is 2.21. The molecule has 144 valence electrons. The van der Waals surface area contributed by atoms with Crippen molar-refractivity contribution in [2.75, 3.05) is 5.32 Å². The molecule has 6 N–H and O–H groups in total. The summed E-state index contributed by atoms with van der Waals surface area (Å²) in [6.45, 7) is 0.400. The van der Waals surface area contributed by atoms with Crippen LogP contribution >= 0.6 is 0 Å². The average Bonchev–Trinajstić information content (AvgIpc) is 3.30. The summed E-state index contributed by atoms with van der Waals surface area (Å²) < 4.78 is 16.8. The molecule has 0 saturated heterocycles. The van der Waals surface area contributed by atoms with Gasteiger partial charge in [0, 0.05) is 12.2 Å². The van der Waals surface area contributed by atoms with Gasteiger partial charge in [0.1, 0.15) is 9.92 Å². The molecule has 7 heteroatoms. The molecule has 6 nitrogen and oxygen atoms in total. The van der Waals surface area contributed by atoms with Crippen LogP contribution in [0.25, 0.3) is 0 Å². The van der Waals surface area contributed by atoms with Crippen molar-refractivity contribution in [3.8, 4) is 0 Å². The lowest BCUT2D eigenvalue weighted by atomic mass is 9.99. The van der Waals surface area contributed by atoms with Crippen molar-refractivity contribution in [1.29, 1.82) is 0 Å². The Labute approximate surface area is 160 Å². The zero-order chi connectivity index (χ0) is 19.0. The molecule has 0 saturated carbocycles. The highest BCUT2D eigenvalue weighted by Gasteiger charge is 2.25. The van der Waals surface area contributed by atoms with Gasteiger partial charge in [-0.25, -0.2) is 9.35 Å². The van der Waals surface area contributed by atoms with Crippen LogP contribution in [-0.4, -0.2) is 15.7 Å². The molecule has 2 aliphatic carbocycles. The van der Waals surface area contributed by atoms with E-state index in [-0.39, 0.29) is 0 Å². The summed E-state index contributed by atoms with van der Waals surface area (Å²) in [5, 5.41) is 19.5. The minimum atomic E-state index is -3.21. The molecule has 2 aliphatic rings. The van der Waals surface area contributed by atoms with Crippen LogP contribution < -0.4 is 16.2 Å². The number of fused-ring (bicyclic) bond motifs is 2. The van der Waals surface area contributed by atoms with E-state index in [1.807, 2.05) is 0 Å². The molecule has 0 amide bonds. The van der Waals surface area contributed by atoms with E-state index in [2.05, 4.69) is 15.7 Å². The molecule has 2 unspecified atom stereocenters. The number of hydrogen-bond donors (Lipinski definition) is 4. The standard InChI is InChI=1S/C20H26N4O2S/c21-12-13-7-9-16(10-8-13)27(22,26)24-20(25)23-19-17-5-1-3-14(17)11-15-4-2-6-18(15)19/h7-11,20,23,25H,1-6,12,21H2,(H2,22,24,26). The summed E-state index contributed by atoms with van der Waals surface area (Å²) in [5.74, 6) is 0. The minimum absolute atomic E-state index is 0.379. The van der Waals surface area contributed by atoms with Crippen molar-refractivity contribution in [1.82, 2.24) is 0 Å². The maximum Gasteiger partial charge on any atom is 0.233 e. The lowest BCUT2D eigenvalue weighted by Gasteiger charge is -2.19. The summed E-state index contributed by atoms with van der Waals surface area (Å²) in [5.41, 5.74) is 12.7. The number of aliphatic hydroxyl groups is 1. The number of aryl methyl sites for hydroxylation is 2. The first-order valence-electron chi connectivity index (χ1n) is 9.42. The van der Waals surface area contributed by atoms with E-state index < -0.39 is 16.3 Å². The maximum atomic E-state index is 12.8. The Balaban J connectivity index is 1.64. The maximum absolute atomic E-state index is 12.8. The van der Waals surface area contributed by atoms with Gasteiger partial charge in [0.05, 0.1) is 4.90 Å². The first kappa shape index (κ1) is 18.4. The van der Waals surface area contributed by atoms with Crippen molar-refractivity contribution in [2.24, 2.45) is 15.2 Å². The molecular weight excluding hydrogens is 360 g/mol. The SMILES string of the molecule is NCc1ccc(S(N)(=O)=NC(O)Nc2c3c(cc4c2CCC4)CCC3)cc1. The normalized spacial score (nSPS) is 18.5. The van der Waals surface area contributed by atoms with Gasteiger partial charge in [-0.3, -0.25) is 0 Å². The van der Waals surface area contributed by atoms with Crippen LogP contribution in [0.4, 0.5) is 5.69 Å². The van der Waals surface area contributed by atoms with Crippen molar-refractivity contribution in [2.45, 2.75) is 56.3 Å². The van der Waals surface area contributed by atoms with Gasteiger partial charge in [-0.05, 0) is 78.5 Å². The molecule has 2 aromatic carbocycles. The topological polar surface area (TPSA) is 114 Å². The Morgan fingerprint density at radius 3 is 2.22 bits per heavy atom. The molecule has 0 aliphatic heterocycles. The Bertz CT molecular complexity index is 946. The largest absolute Gasteiger partial charge is 0.355 e. The summed E-state index contributed by atoms with van der Waals surface area (Å²) in [6, 6.07) is 9.17. The van der Waals surface area contributed by atoms with Gasteiger partial charge in [0.2, 0.25) is 6.35 Å². The summed E-state index contributed by atoms with van der Waals surface area (Å²) >= 11 is 0. The Kier molecular flexibility index (Phi) is 4.94. The highest BCUT2D eigenvalue weighted by molar-refractivity contribution is 7.91. The molecule has 0 fully saturated rings. The average molecular weight is 387 g/mol. The van der Waals surface area contributed by atoms with Crippen LogP contribution in [0.2, 0.25) is 0 Å². The fourth-order valence-electron chi connectivity index (χ4n) is 4.18. The van der Waals surface area contributed by atoms with E-state index in [9.17, 15) is 9.32 Å². The van der Waals surface area contributed by atoms with E-state index in [1.54, 1.807) is 24.3 Å². The number of rotatable bonds is 5. The second kappa shape index (κ2) is 7.24. The predicted molar refractivity (Wildman–Crippen MR) is 107 cm³/mol. The quantitative estimate of drug-likeness (QED) is 0.590. The summed E-state index contributed by atoms with van der Waals surface area (Å²) in [4.78, 5) is 0.379. The summed E-state index contributed by atoms with van der Waals surface area (Å²) in [6.07, 6.45) is 5.07. The van der Waals surface area contributed by atoms with Gasteiger partial charge < -0.3 is 16.2 Å². The van der Waals surface area contributed by atoms with Gasteiger partial charge in [0.15, 0.2) is 0 Å². The summed E-state index contributed by atoms with van der Waals surface area (Å²) in [7, 11) is -3.21. The highest BCUT2D eigenvalue weighted by atomic mass is 32.2. The molecule has 0 heterocycles. The third kappa shape index (κ3) is 3.60. The van der Waals surface area contributed by atoms with Crippen molar-refractivity contribution < 1.29 is 9.32 Å². The van der Waals surface area contributed by atoms with Gasteiger partial charge in [-0.15, -0.1) is 0 Å². The number of hydrogen-bond acceptors (Lipinski definition) is 5. The van der Waals surface area contributed by atoms with E-state index in [0.29, 0.717) is 11.4 Å². The zero-order valence-electron chi connectivity index (χ0n) is 15.3. The van der Waals surface area contributed by atoms with Gasteiger partial charge in [-0.2, -0.15) is 4.36 Å². The van der Waals surface area contributed by atoms with Crippen LogP contribution in [0.15, 0.2) is 39.6 Å². The van der Waals surface area contributed by atoms with E-state index in [1.165, 1.54) is 22.3 Å². The molecule has 0 bridgehead atoms. The first-order chi connectivity index (χ1) is 13.0. The number of aliphatic hydroxyl groups excluding tert-OH is 1. The second-order valence-electron chi connectivity index (χ2n) is 7.27. The van der Waals surface area contributed by atoms with Gasteiger partial charge in [-0.1, -0.05) is 18.2 Å². The molecule has 0 aromatic heterocycles. The number of benzene rings is 2. The van der Waals surface area contributed by atoms with Crippen LogP contribution in [0, 0.1) is 0 Å². The molecule has 0 spiro atoms. The van der Waals surface area contributed by atoms with Gasteiger partial charge >= 0.3 is 0 Å². The van der Waals surface area contributed by atoms with Crippen molar-refractivity contribution >= 4 is 15.6 Å². The number of nitrogens with two attached hydrogens (primary N) is 2. The van der Waals surface area contributed by atoms with E-state index in [0.717, 1.165) is 49.8 Å². The Morgan fingerprint density at radius 2 is 1.67 bits per heavy atom. The number of anilines is 1. The van der Waals surface area contributed by atoms with Crippen LogP contribution in [0.3, 0.4) is 0 Å². The molecular formula is C20H26N4O2S. The monoisotopic (exact) mass is 386 g/mol. The van der Waals surface area contributed by atoms with E-state index in [4.69, 9.17) is 10.9 Å². The second-order valence-corrected chi connectivity index (χ2v) is 9.09. The fourth-order valence-corrected chi connectivity index (χ4v) is 5.17. The lowest BCUT2D eigenvalue weighted by Crippen LogP contribution is -2.23. The molecule has 2 aromatic rings. The fraction of sp³-hybridized carbons (Fsp3) is 0.400. The first-order valence-corrected chi connectivity index (χ1v) is 11.0. The van der Waals surface area contributed by atoms with E-state index >= 15 is 0 Å². The molecule has 0 radical (unpaired) electrons. The van der Waals surface area contributed by atoms with Crippen LogP contribution in [0.1, 0.15) is 40.7 Å². The molecule has 4 rings (SSSR count). The van der Waals surface area contributed by atoms with Crippen LogP contribution in [-0.2, 0) is 42.1 Å². The number of nitrogens with zero attached hydrogens (tertiary/aromatic N) is 1. The highest BCUT2D eigenvalue weighted by Crippen LogP contribution is 2.38. The van der Waals surface area contributed by atoms with Crippen molar-refractivity contribution in [3.05, 3.63) is 58.1 Å². The zero-order valence-corrected chi connectivity index (χ0v) is 16.1.